The number of fused-ring (bicyclic) bond motifs is 2. The maximum atomic E-state index is 11.9. The normalized spacial score (nSPS) is 18.1. The summed E-state index contributed by atoms with van der Waals surface area (Å²) in [5.41, 5.74) is 5.79. The molecule has 1 heterocycles. The third-order valence-corrected chi connectivity index (χ3v) is 5.98. The van der Waals surface area contributed by atoms with E-state index in [2.05, 4.69) is 52.9 Å². The van der Waals surface area contributed by atoms with Crippen LogP contribution in [0, 0.1) is 0 Å². The van der Waals surface area contributed by atoms with E-state index in [1.165, 1.54) is 29.5 Å². The van der Waals surface area contributed by atoms with Crippen molar-refractivity contribution in [2.24, 2.45) is 0 Å². The smallest absolute Gasteiger partial charge is 0.254 e. The number of amides is 1. The maximum Gasteiger partial charge on any atom is 0.254 e. The number of nitrogens with zero attached hydrogens (tertiary/aromatic N) is 1. The van der Waals surface area contributed by atoms with Crippen LogP contribution in [0.2, 0.25) is 0 Å². The van der Waals surface area contributed by atoms with Crippen molar-refractivity contribution in [1.29, 1.82) is 0 Å². The Morgan fingerprint density at radius 1 is 1.21 bits per heavy atom. The van der Waals surface area contributed by atoms with Crippen LogP contribution < -0.4 is 15.4 Å². The lowest BCUT2D eigenvalue weighted by Gasteiger charge is -2.30. The minimum Gasteiger partial charge on any atom is -0.496 e. The van der Waals surface area contributed by atoms with Crippen LogP contribution in [0.25, 0.3) is 0 Å². The first-order valence-corrected chi connectivity index (χ1v) is 10.1. The number of rotatable bonds is 6. The Morgan fingerprint density at radius 2 is 2.11 bits per heavy atom. The maximum absolute atomic E-state index is 11.9. The minimum absolute atomic E-state index is 0.00353. The minimum atomic E-state index is 0.00353. The summed E-state index contributed by atoms with van der Waals surface area (Å²) in [6, 6.07) is 12.6. The van der Waals surface area contributed by atoms with E-state index in [4.69, 9.17) is 4.74 Å². The zero-order valence-corrected chi connectivity index (χ0v) is 16.8. The van der Waals surface area contributed by atoms with Crippen LogP contribution in [0.4, 0.5) is 5.69 Å². The molecule has 0 radical (unpaired) electrons. The molecule has 2 N–H and O–H groups in total. The van der Waals surface area contributed by atoms with Crippen molar-refractivity contribution >= 4 is 11.6 Å². The van der Waals surface area contributed by atoms with Gasteiger partial charge >= 0.3 is 0 Å². The second-order valence-corrected chi connectivity index (χ2v) is 7.87. The average molecular weight is 380 g/mol. The molecule has 0 spiro atoms. The Balaban J connectivity index is 1.38. The van der Waals surface area contributed by atoms with Crippen molar-refractivity contribution < 1.29 is 9.53 Å². The number of hydrogen-bond acceptors (Lipinski definition) is 4. The highest BCUT2D eigenvalue weighted by molar-refractivity contribution is 6.01. The molecule has 0 aromatic heterocycles. The molecule has 1 atom stereocenters. The number of anilines is 1. The number of carbonyl (C=O) groups excluding carboxylic acids is 1. The van der Waals surface area contributed by atoms with E-state index in [0.717, 1.165) is 42.9 Å². The SMILES string of the molecule is COc1cccc2c1CCCC2CN(C)CCc1ccc2c(c1)NCNC2=O. The molecular weight excluding hydrogens is 350 g/mol. The van der Waals surface area contributed by atoms with Gasteiger partial charge in [0, 0.05) is 18.8 Å². The number of likely N-dealkylation sites (N-methyl/N-ethyl adjacent to an activating group) is 1. The molecule has 28 heavy (non-hydrogen) atoms. The van der Waals surface area contributed by atoms with E-state index in [0.29, 0.717) is 12.6 Å². The first kappa shape index (κ1) is 18.8. The molecule has 0 saturated heterocycles. The fourth-order valence-corrected chi connectivity index (χ4v) is 4.49. The molecular formula is C23H29N3O2. The van der Waals surface area contributed by atoms with Crippen molar-refractivity contribution in [2.45, 2.75) is 31.6 Å². The highest BCUT2D eigenvalue weighted by Gasteiger charge is 2.24. The zero-order chi connectivity index (χ0) is 19.5. The standard InChI is InChI=1S/C23H29N3O2/c1-26(12-11-16-9-10-20-21(13-16)24-15-25-23(20)27)14-17-5-3-7-19-18(17)6-4-8-22(19)28-2/h4,6,8-10,13,17,24H,3,5,7,11-12,14-15H2,1-2H3,(H,25,27). The molecule has 0 bridgehead atoms. The van der Waals surface area contributed by atoms with Gasteiger partial charge in [0.2, 0.25) is 0 Å². The zero-order valence-electron chi connectivity index (χ0n) is 16.8. The van der Waals surface area contributed by atoms with Gasteiger partial charge in [-0.05, 0) is 73.5 Å². The first-order chi connectivity index (χ1) is 13.7. The summed E-state index contributed by atoms with van der Waals surface area (Å²) in [4.78, 5) is 14.3. The van der Waals surface area contributed by atoms with Crippen molar-refractivity contribution in [3.05, 3.63) is 58.7 Å². The summed E-state index contributed by atoms with van der Waals surface area (Å²) in [6.45, 7) is 2.56. The molecule has 1 amide bonds. The molecule has 5 nitrogen and oxygen atoms in total. The van der Waals surface area contributed by atoms with E-state index in [1.54, 1.807) is 7.11 Å². The fraction of sp³-hybridized carbons (Fsp3) is 0.435. The molecule has 0 fully saturated rings. The summed E-state index contributed by atoms with van der Waals surface area (Å²) in [6.07, 6.45) is 4.56. The number of benzene rings is 2. The van der Waals surface area contributed by atoms with Crippen LogP contribution >= 0.6 is 0 Å². The van der Waals surface area contributed by atoms with Crippen molar-refractivity contribution in [2.75, 3.05) is 39.2 Å². The number of nitrogens with one attached hydrogen (secondary N) is 2. The van der Waals surface area contributed by atoms with E-state index >= 15 is 0 Å². The molecule has 1 aliphatic heterocycles. The first-order valence-electron chi connectivity index (χ1n) is 10.1. The summed E-state index contributed by atoms with van der Waals surface area (Å²) in [7, 11) is 3.97. The van der Waals surface area contributed by atoms with Gasteiger partial charge in [-0.2, -0.15) is 0 Å². The number of carbonyl (C=O) groups is 1. The Bertz CT molecular complexity index is 865. The molecule has 2 aliphatic rings. The van der Waals surface area contributed by atoms with Gasteiger partial charge in [-0.25, -0.2) is 0 Å². The number of ether oxygens (including phenoxy) is 1. The van der Waals surface area contributed by atoms with Gasteiger partial charge in [0.05, 0.1) is 19.3 Å². The molecule has 1 aliphatic carbocycles. The molecule has 4 rings (SSSR count). The summed E-state index contributed by atoms with van der Waals surface area (Å²) in [5.74, 6) is 1.61. The van der Waals surface area contributed by atoms with Crippen molar-refractivity contribution in [3.8, 4) is 5.75 Å². The molecule has 1 unspecified atom stereocenters. The summed E-state index contributed by atoms with van der Waals surface area (Å²) in [5, 5.41) is 6.05. The Hall–Kier alpha value is -2.53. The van der Waals surface area contributed by atoms with E-state index in [9.17, 15) is 4.79 Å². The predicted octanol–water partition coefficient (Wildman–Crippen LogP) is 3.40. The van der Waals surface area contributed by atoms with Crippen LogP contribution in [0.3, 0.4) is 0 Å². The number of hydrogen-bond donors (Lipinski definition) is 2. The van der Waals surface area contributed by atoms with Gasteiger partial charge in [0.1, 0.15) is 5.75 Å². The number of methoxy groups -OCH3 is 1. The van der Waals surface area contributed by atoms with E-state index in [1.807, 2.05) is 6.07 Å². The van der Waals surface area contributed by atoms with Gasteiger partial charge in [-0.3, -0.25) is 4.79 Å². The Morgan fingerprint density at radius 3 is 2.96 bits per heavy atom. The fourth-order valence-electron chi connectivity index (χ4n) is 4.49. The van der Waals surface area contributed by atoms with Crippen LogP contribution in [0.1, 0.15) is 45.8 Å². The van der Waals surface area contributed by atoms with Gasteiger partial charge in [0.15, 0.2) is 0 Å². The molecule has 2 aromatic carbocycles. The predicted molar refractivity (Wildman–Crippen MR) is 112 cm³/mol. The van der Waals surface area contributed by atoms with E-state index < -0.39 is 0 Å². The highest BCUT2D eigenvalue weighted by Crippen LogP contribution is 2.36. The molecule has 0 saturated carbocycles. The van der Waals surface area contributed by atoms with Crippen LogP contribution in [-0.4, -0.2) is 44.7 Å². The van der Waals surface area contributed by atoms with Gasteiger partial charge in [0.25, 0.3) is 5.91 Å². The highest BCUT2D eigenvalue weighted by atomic mass is 16.5. The quantitative estimate of drug-likeness (QED) is 0.808. The van der Waals surface area contributed by atoms with Crippen molar-refractivity contribution in [1.82, 2.24) is 10.2 Å². The molecule has 5 heteroatoms. The average Bonchev–Trinajstić information content (AvgIpc) is 2.72. The molecule has 148 valence electrons. The lowest BCUT2D eigenvalue weighted by molar-refractivity contribution is 0.0953. The topological polar surface area (TPSA) is 53.6 Å². The van der Waals surface area contributed by atoms with Crippen LogP contribution in [0.5, 0.6) is 5.75 Å². The molecule has 2 aromatic rings. The second kappa shape index (κ2) is 8.23. The van der Waals surface area contributed by atoms with E-state index in [-0.39, 0.29) is 5.91 Å². The van der Waals surface area contributed by atoms with Crippen LogP contribution in [-0.2, 0) is 12.8 Å². The summed E-state index contributed by atoms with van der Waals surface area (Å²) < 4.78 is 5.58. The van der Waals surface area contributed by atoms with Crippen molar-refractivity contribution in [3.63, 3.8) is 0 Å². The Kier molecular flexibility index (Phi) is 5.53. The Labute approximate surface area is 167 Å². The largest absolute Gasteiger partial charge is 0.496 e. The monoisotopic (exact) mass is 379 g/mol. The second-order valence-electron chi connectivity index (χ2n) is 7.87. The van der Waals surface area contributed by atoms with Gasteiger partial charge < -0.3 is 20.3 Å². The van der Waals surface area contributed by atoms with Crippen LogP contribution in [0.15, 0.2) is 36.4 Å². The van der Waals surface area contributed by atoms with Gasteiger partial charge in [-0.15, -0.1) is 0 Å². The lowest BCUT2D eigenvalue weighted by Crippen LogP contribution is -2.34. The third kappa shape index (κ3) is 3.85. The van der Waals surface area contributed by atoms with Gasteiger partial charge in [-0.1, -0.05) is 18.2 Å². The summed E-state index contributed by atoms with van der Waals surface area (Å²) >= 11 is 0. The third-order valence-electron chi connectivity index (χ3n) is 5.98. The lowest BCUT2D eigenvalue weighted by atomic mass is 9.82.